The molecule has 0 radical (unpaired) electrons. The summed E-state index contributed by atoms with van der Waals surface area (Å²) in [6, 6.07) is 1.10. The Morgan fingerprint density at radius 3 is 2.77 bits per heavy atom. The van der Waals surface area contributed by atoms with Gasteiger partial charge < -0.3 is 14.2 Å². The first-order valence-corrected chi connectivity index (χ1v) is 11.0. The zero-order valence-electron chi connectivity index (χ0n) is 17.9. The van der Waals surface area contributed by atoms with Gasteiger partial charge in [0, 0.05) is 37.7 Å². The van der Waals surface area contributed by atoms with Gasteiger partial charge in [-0.2, -0.15) is 13.2 Å². The summed E-state index contributed by atoms with van der Waals surface area (Å²) < 4.78 is 52.4. The predicted molar refractivity (Wildman–Crippen MR) is 108 cm³/mol. The van der Waals surface area contributed by atoms with E-state index in [1.807, 2.05) is 0 Å². The Kier molecular flexibility index (Phi) is 6.23. The summed E-state index contributed by atoms with van der Waals surface area (Å²) in [6.07, 6.45) is 0.0432. The highest BCUT2D eigenvalue weighted by Crippen LogP contribution is 2.40. The Hall–Kier alpha value is -2.16. The Morgan fingerprint density at radius 1 is 1.29 bits per heavy atom. The molecule has 0 spiro atoms. The Bertz CT molecular complexity index is 935. The molecule has 0 bridgehead atoms. The molecule has 2 aromatic heterocycles. The topological polar surface area (TPSA) is 68.5 Å². The summed E-state index contributed by atoms with van der Waals surface area (Å²) in [5, 5.41) is 3.93. The van der Waals surface area contributed by atoms with Gasteiger partial charge in [0.2, 0.25) is 5.91 Å². The summed E-state index contributed by atoms with van der Waals surface area (Å²) in [6.45, 7) is 5.27. The number of hydrogen-bond donors (Lipinski definition) is 0. The first kappa shape index (κ1) is 22.0. The minimum absolute atomic E-state index is 0.0178. The zero-order chi connectivity index (χ0) is 22.2. The number of amides is 1. The Labute approximate surface area is 179 Å². The van der Waals surface area contributed by atoms with Crippen LogP contribution in [0, 0.1) is 0 Å². The Morgan fingerprint density at radius 2 is 2.10 bits per heavy atom. The van der Waals surface area contributed by atoms with E-state index >= 15 is 0 Å². The van der Waals surface area contributed by atoms with Gasteiger partial charge in [-0.15, -0.1) is 0 Å². The number of likely N-dealkylation sites (tertiary alicyclic amines) is 1. The maximum absolute atomic E-state index is 13.9. The molecule has 2 aliphatic rings. The maximum atomic E-state index is 13.9. The number of piperidine rings is 1. The van der Waals surface area contributed by atoms with Gasteiger partial charge in [0.25, 0.3) is 5.71 Å². The van der Waals surface area contributed by atoms with Crippen molar-refractivity contribution >= 4 is 17.0 Å². The molecule has 9 heteroatoms. The minimum atomic E-state index is -4.55. The SMILES string of the molecule is CC(C)c1cc(C(F)(F)F)c2c([C@@H]3CCCN(C(=O)CC[C@H]4CCCO4)C3)noc2n1. The standard InChI is InChI=1S/C22H28F3N3O3/c1-13(2)17-11-16(22(23,24)25)19-20(27-31-21(19)26-17)14-5-3-9-28(12-14)18(29)8-7-15-6-4-10-30-15/h11,13-15H,3-10,12H2,1-2H3/t14-,15-/m1/s1. The van der Waals surface area contributed by atoms with E-state index in [9.17, 15) is 18.0 Å². The molecule has 2 aliphatic heterocycles. The molecule has 4 rings (SSSR count). The second-order valence-corrected chi connectivity index (χ2v) is 8.85. The summed E-state index contributed by atoms with van der Waals surface area (Å²) in [5.41, 5.74) is -0.284. The number of hydrogen-bond acceptors (Lipinski definition) is 5. The van der Waals surface area contributed by atoms with Crippen LogP contribution in [0.15, 0.2) is 10.6 Å². The lowest BCUT2D eigenvalue weighted by Gasteiger charge is -2.32. The molecular formula is C22H28F3N3O3. The number of rotatable bonds is 5. The fourth-order valence-corrected chi connectivity index (χ4v) is 4.53. The number of aromatic nitrogens is 2. The van der Waals surface area contributed by atoms with Gasteiger partial charge in [-0.25, -0.2) is 4.98 Å². The van der Waals surface area contributed by atoms with Gasteiger partial charge in [0.05, 0.1) is 22.7 Å². The molecular weight excluding hydrogens is 411 g/mol. The Balaban J connectivity index is 1.57. The molecule has 6 nitrogen and oxygen atoms in total. The van der Waals surface area contributed by atoms with E-state index in [1.54, 1.807) is 18.7 Å². The zero-order valence-corrected chi connectivity index (χ0v) is 17.9. The lowest BCUT2D eigenvalue weighted by atomic mass is 9.91. The van der Waals surface area contributed by atoms with Crippen LogP contribution >= 0.6 is 0 Å². The molecule has 0 saturated carbocycles. The van der Waals surface area contributed by atoms with E-state index in [2.05, 4.69) is 10.1 Å². The third kappa shape index (κ3) is 4.71. The molecule has 0 aromatic carbocycles. The van der Waals surface area contributed by atoms with Crippen LogP contribution in [-0.2, 0) is 15.7 Å². The van der Waals surface area contributed by atoms with Crippen LogP contribution in [0.25, 0.3) is 11.1 Å². The molecule has 0 aliphatic carbocycles. The first-order valence-electron chi connectivity index (χ1n) is 11.0. The van der Waals surface area contributed by atoms with Crippen molar-refractivity contribution in [3.63, 3.8) is 0 Å². The van der Waals surface area contributed by atoms with E-state index in [-0.39, 0.29) is 40.6 Å². The van der Waals surface area contributed by atoms with Crippen molar-refractivity contribution in [2.45, 2.75) is 76.5 Å². The van der Waals surface area contributed by atoms with Crippen molar-refractivity contribution in [1.82, 2.24) is 15.0 Å². The normalized spacial score (nSPS) is 22.6. The largest absolute Gasteiger partial charge is 0.417 e. The second-order valence-electron chi connectivity index (χ2n) is 8.85. The van der Waals surface area contributed by atoms with Gasteiger partial charge in [-0.3, -0.25) is 4.79 Å². The maximum Gasteiger partial charge on any atom is 0.417 e. The van der Waals surface area contributed by atoms with Gasteiger partial charge in [0.1, 0.15) is 0 Å². The van der Waals surface area contributed by atoms with E-state index in [0.29, 0.717) is 44.5 Å². The van der Waals surface area contributed by atoms with Crippen molar-refractivity contribution in [2.24, 2.45) is 0 Å². The van der Waals surface area contributed by atoms with Gasteiger partial charge >= 0.3 is 6.18 Å². The molecule has 2 atom stereocenters. The van der Waals surface area contributed by atoms with Crippen LogP contribution < -0.4 is 0 Å². The molecule has 2 aromatic rings. The predicted octanol–water partition coefficient (Wildman–Crippen LogP) is 5.03. The van der Waals surface area contributed by atoms with Crippen molar-refractivity contribution < 1.29 is 27.2 Å². The third-order valence-electron chi connectivity index (χ3n) is 6.25. The smallest absolute Gasteiger partial charge is 0.378 e. The first-order chi connectivity index (χ1) is 14.7. The summed E-state index contributed by atoms with van der Waals surface area (Å²) in [7, 11) is 0. The van der Waals surface area contributed by atoms with Crippen LogP contribution in [-0.4, -0.2) is 46.7 Å². The molecule has 4 heterocycles. The molecule has 0 unspecified atom stereocenters. The summed E-state index contributed by atoms with van der Waals surface area (Å²) in [4.78, 5) is 18.7. The van der Waals surface area contributed by atoms with Crippen LogP contribution in [0.2, 0.25) is 0 Å². The number of nitrogens with zero attached hydrogens (tertiary/aromatic N) is 3. The molecule has 2 fully saturated rings. The van der Waals surface area contributed by atoms with Crippen molar-refractivity contribution in [2.75, 3.05) is 19.7 Å². The highest BCUT2D eigenvalue weighted by atomic mass is 19.4. The summed E-state index contributed by atoms with van der Waals surface area (Å²) >= 11 is 0. The molecule has 0 N–H and O–H groups in total. The van der Waals surface area contributed by atoms with Crippen LogP contribution in [0.4, 0.5) is 13.2 Å². The van der Waals surface area contributed by atoms with Crippen LogP contribution in [0.1, 0.15) is 81.2 Å². The molecule has 31 heavy (non-hydrogen) atoms. The van der Waals surface area contributed by atoms with Gasteiger partial charge in [0.15, 0.2) is 0 Å². The van der Waals surface area contributed by atoms with Crippen molar-refractivity contribution in [3.8, 4) is 0 Å². The number of carbonyl (C=O) groups is 1. The van der Waals surface area contributed by atoms with Gasteiger partial charge in [-0.05, 0) is 44.1 Å². The van der Waals surface area contributed by atoms with Crippen LogP contribution in [0.5, 0.6) is 0 Å². The number of carbonyl (C=O) groups excluding carboxylic acids is 1. The number of pyridine rings is 1. The van der Waals surface area contributed by atoms with Gasteiger partial charge in [-0.1, -0.05) is 19.0 Å². The van der Waals surface area contributed by atoms with Crippen LogP contribution in [0.3, 0.4) is 0 Å². The minimum Gasteiger partial charge on any atom is -0.378 e. The quantitative estimate of drug-likeness (QED) is 0.654. The lowest BCUT2D eigenvalue weighted by molar-refractivity contribution is -0.136. The second kappa shape index (κ2) is 8.76. The highest BCUT2D eigenvalue weighted by molar-refractivity contribution is 5.82. The fraction of sp³-hybridized carbons (Fsp3) is 0.682. The number of halogens is 3. The van der Waals surface area contributed by atoms with E-state index < -0.39 is 11.7 Å². The fourth-order valence-electron chi connectivity index (χ4n) is 4.53. The third-order valence-corrected chi connectivity index (χ3v) is 6.25. The monoisotopic (exact) mass is 439 g/mol. The van der Waals surface area contributed by atoms with E-state index in [1.165, 1.54) is 0 Å². The average molecular weight is 439 g/mol. The molecule has 170 valence electrons. The number of alkyl halides is 3. The average Bonchev–Trinajstić information content (AvgIpc) is 3.40. The van der Waals surface area contributed by atoms with E-state index in [0.717, 1.165) is 25.5 Å². The molecule has 1 amide bonds. The van der Waals surface area contributed by atoms with Crippen molar-refractivity contribution in [3.05, 3.63) is 23.0 Å². The summed E-state index contributed by atoms with van der Waals surface area (Å²) in [5.74, 6) is -0.468. The lowest BCUT2D eigenvalue weighted by Crippen LogP contribution is -2.39. The molecule has 2 saturated heterocycles. The highest BCUT2D eigenvalue weighted by Gasteiger charge is 2.38. The number of fused-ring (bicyclic) bond motifs is 1. The van der Waals surface area contributed by atoms with Crippen molar-refractivity contribution in [1.29, 1.82) is 0 Å². The van der Waals surface area contributed by atoms with E-state index in [4.69, 9.17) is 9.26 Å². The number of ether oxygens (including phenoxy) is 1.